The normalized spacial score (nSPS) is 15.3. The third kappa shape index (κ3) is 2.82. The summed E-state index contributed by atoms with van der Waals surface area (Å²) in [4.78, 5) is 3.81. The van der Waals surface area contributed by atoms with Gasteiger partial charge in [-0.05, 0) is 13.0 Å². The van der Waals surface area contributed by atoms with Crippen molar-refractivity contribution in [3.8, 4) is 0 Å². The van der Waals surface area contributed by atoms with E-state index in [-0.39, 0.29) is 12.1 Å². The fourth-order valence-corrected chi connectivity index (χ4v) is 2.49. The van der Waals surface area contributed by atoms with E-state index in [9.17, 15) is 13.9 Å². The van der Waals surface area contributed by atoms with Crippen LogP contribution in [0.3, 0.4) is 0 Å². The maximum atomic E-state index is 14.3. The van der Waals surface area contributed by atoms with E-state index in [1.165, 1.54) is 34.3 Å². The van der Waals surface area contributed by atoms with Crippen molar-refractivity contribution in [3.05, 3.63) is 60.4 Å². The Hall–Kier alpha value is -2.68. The summed E-state index contributed by atoms with van der Waals surface area (Å²) in [6.07, 6.45) is 5.72. The number of rotatable bonds is 5. The van der Waals surface area contributed by atoms with Gasteiger partial charge in [0.25, 0.3) is 0 Å². The molecule has 9 heteroatoms. The van der Waals surface area contributed by atoms with Crippen LogP contribution in [-0.4, -0.2) is 34.9 Å². The summed E-state index contributed by atoms with van der Waals surface area (Å²) in [5, 5.41) is 22.7. The van der Waals surface area contributed by atoms with Crippen LogP contribution in [0.25, 0.3) is 0 Å². The smallest absolute Gasteiger partial charge is 0.137 e. The Bertz CT molecular complexity index is 777. The number of hydrogen-bond donors (Lipinski definition) is 1. The summed E-state index contributed by atoms with van der Waals surface area (Å²) < 4.78 is 30.3. The van der Waals surface area contributed by atoms with Crippen LogP contribution in [-0.2, 0) is 12.1 Å². The minimum absolute atomic E-state index is 0.0580. The van der Waals surface area contributed by atoms with Crippen molar-refractivity contribution >= 4 is 0 Å². The SMILES string of the molecule is C[C@@H](n1ccnn1)[C@@](O)(Cn1cncn1)c1ccc(F)cc1F. The highest BCUT2D eigenvalue weighted by Crippen LogP contribution is 2.36. The molecule has 2 atom stereocenters. The van der Waals surface area contributed by atoms with E-state index in [0.29, 0.717) is 0 Å². The predicted octanol–water partition coefficient (Wildman–Crippen LogP) is 1.30. The first-order chi connectivity index (χ1) is 11.0. The summed E-state index contributed by atoms with van der Waals surface area (Å²) in [5.41, 5.74) is -1.79. The van der Waals surface area contributed by atoms with Crippen molar-refractivity contribution < 1.29 is 13.9 Å². The number of aliphatic hydroxyl groups is 1. The lowest BCUT2D eigenvalue weighted by molar-refractivity contribution is -0.0374. The van der Waals surface area contributed by atoms with Crippen LogP contribution < -0.4 is 0 Å². The van der Waals surface area contributed by atoms with Gasteiger partial charge in [-0.2, -0.15) is 5.10 Å². The van der Waals surface area contributed by atoms with E-state index in [1.54, 1.807) is 13.1 Å². The van der Waals surface area contributed by atoms with Crippen molar-refractivity contribution in [3.63, 3.8) is 0 Å². The third-order valence-electron chi connectivity index (χ3n) is 3.80. The van der Waals surface area contributed by atoms with Crippen LogP contribution in [0.1, 0.15) is 18.5 Å². The van der Waals surface area contributed by atoms with Crippen LogP contribution in [0.15, 0.2) is 43.2 Å². The average molecular weight is 320 g/mol. The summed E-state index contributed by atoms with van der Waals surface area (Å²) in [6.45, 7) is 1.57. The van der Waals surface area contributed by atoms with E-state index < -0.39 is 23.3 Å². The fraction of sp³-hybridized carbons (Fsp3) is 0.286. The highest BCUT2D eigenvalue weighted by molar-refractivity contribution is 5.26. The Kier molecular flexibility index (Phi) is 3.87. The molecule has 0 fully saturated rings. The molecule has 2 heterocycles. The van der Waals surface area contributed by atoms with Gasteiger partial charge < -0.3 is 5.11 Å². The molecular weight excluding hydrogens is 306 g/mol. The van der Waals surface area contributed by atoms with Crippen molar-refractivity contribution in [1.82, 2.24) is 29.8 Å². The average Bonchev–Trinajstić information content (AvgIpc) is 3.19. The molecule has 1 aromatic carbocycles. The lowest BCUT2D eigenvalue weighted by Gasteiger charge is -2.34. The predicted molar refractivity (Wildman–Crippen MR) is 75.0 cm³/mol. The van der Waals surface area contributed by atoms with Gasteiger partial charge in [0, 0.05) is 17.8 Å². The molecule has 0 bridgehead atoms. The summed E-state index contributed by atoms with van der Waals surface area (Å²) in [7, 11) is 0. The molecule has 1 N–H and O–H groups in total. The molecule has 0 aliphatic carbocycles. The Morgan fingerprint density at radius 1 is 1.35 bits per heavy atom. The van der Waals surface area contributed by atoms with Crippen LogP contribution in [0.4, 0.5) is 8.78 Å². The molecule has 0 radical (unpaired) electrons. The molecule has 3 aromatic rings. The van der Waals surface area contributed by atoms with Gasteiger partial charge in [-0.25, -0.2) is 23.1 Å². The standard InChI is InChI=1S/C14H14F2N6O/c1-10(22-5-4-18-20-22)14(23,7-21-9-17-8-19-21)12-3-2-11(15)6-13(12)16/h2-6,8-10,23H,7H2,1H3/t10-,14+/m1/s1. The van der Waals surface area contributed by atoms with Crippen molar-refractivity contribution in [2.45, 2.75) is 25.1 Å². The van der Waals surface area contributed by atoms with E-state index in [0.717, 1.165) is 12.1 Å². The largest absolute Gasteiger partial charge is 0.381 e. The Morgan fingerprint density at radius 3 is 2.78 bits per heavy atom. The van der Waals surface area contributed by atoms with Gasteiger partial charge in [0.2, 0.25) is 0 Å². The van der Waals surface area contributed by atoms with Crippen LogP contribution in [0.2, 0.25) is 0 Å². The monoisotopic (exact) mass is 320 g/mol. The lowest BCUT2D eigenvalue weighted by Crippen LogP contribution is -2.40. The minimum atomic E-state index is -1.74. The molecular formula is C14H14F2N6O. The molecule has 2 aromatic heterocycles. The zero-order valence-electron chi connectivity index (χ0n) is 12.2. The van der Waals surface area contributed by atoms with Gasteiger partial charge in [-0.15, -0.1) is 5.10 Å². The number of benzene rings is 1. The third-order valence-corrected chi connectivity index (χ3v) is 3.80. The van der Waals surface area contributed by atoms with Crippen LogP contribution in [0, 0.1) is 11.6 Å². The molecule has 0 aliphatic rings. The highest BCUT2D eigenvalue weighted by atomic mass is 19.1. The van der Waals surface area contributed by atoms with E-state index in [1.807, 2.05) is 0 Å². The summed E-state index contributed by atoms with van der Waals surface area (Å²) >= 11 is 0. The molecule has 23 heavy (non-hydrogen) atoms. The second-order valence-electron chi connectivity index (χ2n) is 5.20. The molecule has 0 aliphatic heterocycles. The van der Waals surface area contributed by atoms with Crippen molar-refractivity contribution in [2.24, 2.45) is 0 Å². The highest BCUT2D eigenvalue weighted by Gasteiger charge is 2.40. The van der Waals surface area contributed by atoms with Gasteiger partial charge in [-0.1, -0.05) is 11.3 Å². The van der Waals surface area contributed by atoms with Crippen LogP contribution >= 0.6 is 0 Å². The van der Waals surface area contributed by atoms with E-state index in [4.69, 9.17) is 0 Å². The van der Waals surface area contributed by atoms with Crippen molar-refractivity contribution in [2.75, 3.05) is 0 Å². The van der Waals surface area contributed by atoms with E-state index >= 15 is 0 Å². The Balaban J connectivity index is 2.08. The van der Waals surface area contributed by atoms with E-state index in [2.05, 4.69) is 20.4 Å². The summed E-state index contributed by atoms with van der Waals surface area (Å²) in [6, 6.07) is 2.36. The first kappa shape index (κ1) is 15.2. The molecule has 0 spiro atoms. The van der Waals surface area contributed by atoms with Gasteiger partial charge in [0.15, 0.2) is 0 Å². The molecule has 0 amide bonds. The first-order valence-electron chi connectivity index (χ1n) is 6.87. The zero-order valence-corrected chi connectivity index (χ0v) is 12.2. The van der Waals surface area contributed by atoms with Crippen molar-refractivity contribution in [1.29, 1.82) is 0 Å². The maximum absolute atomic E-state index is 14.3. The van der Waals surface area contributed by atoms with Crippen LogP contribution in [0.5, 0.6) is 0 Å². The maximum Gasteiger partial charge on any atom is 0.137 e. The molecule has 7 nitrogen and oxygen atoms in total. The topological polar surface area (TPSA) is 81.6 Å². The molecule has 0 unspecified atom stereocenters. The first-order valence-corrected chi connectivity index (χ1v) is 6.87. The Morgan fingerprint density at radius 2 is 2.17 bits per heavy atom. The van der Waals surface area contributed by atoms with Gasteiger partial charge in [0.05, 0.1) is 18.8 Å². The number of aromatic nitrogens is 6. The zero-order chi connectivity index (χ0) is 16.4. The number of halogens is 2. The Labute approximate surface area is 130 Å². The van der Waals surface area contributed by atoms with Gasteiger partial charge in [-0.3, -0.25) is 0 Å². The number of hydrogen-bond acceptors (Lipinski definition) is 5. The van der Waals surface area contributed by atoms with Gasteiger partial charge in [0.1, 0.15) is 29.9 Å². The second kappa shape index (κ2) is 5.84. The quantitative estimate of drug-likeness (QED) is 0.766. The van der Waals surface area contributed by atoms with Gasteiger partial charge >= 0.3 is 0 Å². The molecule has 3 rings (SSSR count). The lowest BCUT2D eigenvalue weighted by atomic mass is 9.86. The molecule has 0 saturated carbocycles. The minimum Gasteiger partial charge on any atom is -0.381 e. The second-order valence-corrected chi connectivity index (χ2v) is 5.20. The molecule has 120 valence electrons. The molecule has 0 saturated heterocycles. The summed E-state index contributed by atoms with van der Waals surface area (Å²) in [5.74, 6) is -1.57. The number of nitrogens with zero attached hydrogens (tertiary/aromatic N) is 6. The fourth-order valence-electron chi connectivity index (χ4n) is 2.49.